The van der Waals surface area contributed by atoms with Crippen molar-refractivity contribution < 1.29 is 14.3 Å². The number of hydrogen-bond acceptors (Lipinski definition) is 3. The molecule has 82 valence electrons. The van der Waals surface area contributed by atoms with E-state index in [0.29, 0.717) is 12.2 Å². The lowest BCUT2D eigenvalue weighted by atomic mass is 10.2. The number of carbonyl (C=O) groups is 1. The largest absolute Gasteiger partial charge is 0.494 e. The third-order valence-corrected chi connectivity index (χ3v) is 2.01. The maximum absolute atomic E-state index is 10.5. The third kappa shape index (κ3) is 4.61. The second-order valence-electron chi connectivity index (χ2n) is 3.24. The van der Waals surface area contributed by atoms with Crippen molar-refractivity contribution in [1.82, 2.24) is 0 Å². The van der Waals surface area contributed by atoms with E-state index in [1.807, 2.05) is 12.1 Å². The molecule has 0 saturated carbocycles. The van der Waals surface area contributed by atoms with E-state index in [2.05, 4.69) is 0 Å². The Hall–Kier alpha value is -1.35. The molecule has 15 heavy (non-hydrogen) atoms. The number of methoxy groups -OCH3 is 1. The number of ether oxygens (including phenoxy) is 2. The minimum Gasteiger partial charge on any atom is -0.494 e. The van der Waals surface area contributed by atoms with E-state index < -0.39 is 0 Å². The van der Waals surface area contributed by atoms with E-state index in [1.165, 1.54) is 0 Å². The van der Waals surface area contributed by atoms with E-state index >= 15 is 0 Å². The summed E-state index contributed by atoms with van der Waals surface area (Å²) in [5, 5.41) is 0. The predicted molar refractivity (Wildman–Crippen MR) is 58.4 cm³/mol. The topological polar surface area (TPSA) is 35.5 Å². The summed E-state index contributed by atoms with van der Waals surface area (Å²) in [7, 11) is 1.69. The Morgan fingerprint density at radius 2 is 2.07 bits per heavy atom. The van der Waals surface area contributed by atoms with Crippen LogP contribution in [-0.2, 0) is 4.74 Å². The standard InChI is InChI=1S/C12H16O3/c1-14-7-2-3-8-15-12-6-4-5-11(9-12)10-13/h4-6,9-10H,2-3,7-8H2,1H3. The summed E-state index contributed by atoms with van der Waals surface area (Å²) >= 11 is 0. The lowest BCUT2D eigenvalue weighted by Crippen LogP contribution is -1.99. The Morgan fingerprint density at radius 3 is 2.80 bits per heavy atom. The zero-order chi connectivity index (χ0) is 10.9. The summed E-state index contributed by atoms with van der Waals surface area (Å²) in [5.74, 6) is 0.747. The molecule has 0 aliphatic rings. The molecule has 1 aromatic carbocycles. The van der Waals surface area contributed by atoms with Gasteiger partial charge in [0, 0.05) is 19.3 Å². The average Bonchev–Trinajstić information content (AvgIpc) is 2.29. The van der Waals surface area contributed by atoms with Gasteiger partial charge in [-0.15, -0.1) is 0 Å². The molecule has 1 rings (SSSR count). The van der Waals surface area contributed by atoms with Crippen LogP contribution in [0.5, 0.6) is 5.75 Å². The lowest BCUT2D eigenvalue weighted by molar-refractivity contribution is 0.112. The van der Waals surface area contributed by atoms with Gasteiger partial charge in [0.25, 0.3) is 0 Å². The Bertz CT molecular complexity index is 297. The van der Waals surface area contributed by atoms with E-state index in [1.54, 1.807) is 19.2 Å². The summed E-state index contributed by atoms with van der Waals surface area (Å²) in [6, 6.07) is 7.16. The van der Waals surface area contributed by atoms with Crippen molar-refractivity contribution in [3.63, 3.8) is 0 Å². The van der Waals surface area contributed by atoms with Crippen LogP contribution in [0.15, 0.2) is 24.3 Å². The summed E-state index contributed by atoms with van der Waals surface area (Å²) in [6.07, 6.45) is 2.76. The van der Waals surface area contributed by atoms with Gasteiger partial charge in [-0.1, -0.05) is 12.1 Å². The van der Waals surface area contributed by atoms with E-state index in [4.69, 9.17) is 9.47 Å². The minimum absolute atomic E-state index is 0.643. The molecule has 3 nitrogen and oxygen atoms in total. The highest BCUT2D eigenvalue weighted by Gasteiger charge is 1.95. The molecule has 0 saturated heterocycles. The van der Waals surface area contributed by atoms with Crippen LogP contribution in [0.4, 0.5) is 0 Å². The number of hydrogen-bond donors (Lipinski definition) is 0. The summed E-state index contributed by atoms with van der Waals surface area (Å²) in [4.78, 5) is 10.5. The highest BCUT2D eigenvalue weighted by Crippen LogP contribution is 2.12. The smallest absolute Gasteiger partial charge is 0.150 e. The molecule has 0 aromatic heterocycles. The van der Waals surface area contributed by atoms with Crippen LogP contribution in [0.3, 0.4) is 0 Å². The van der Waals surface area contributed by atoms with E-state index in [9.17, 15) is 4.79 Å². The van der Waals surface area contributed by atoms with Gasteiger partial charge in [-0.05, 0) is 25.0 Å². The normalized spacial score (nSPS) is 9.93. The number of unbranched alkanes of at least 4 members (excludes halogenated alkanes) is 1. The highest BCUT2D eigenvalue weighted by molar-refractivity contribution is 5.75. The summed E-state index contributed by atoms with van der Waals surface area (Å²) in [5.41, 5.74) is 0.643. The van der Waals surface area contributed by atoms with E-state index in [0.717, 1.165) is 31.5 Å². The Labute approximate surface area is 90.0 Å². The van der Waals surface area contributed by atoms with Gasteiger partial charge < -0.3 is 9.47 Å². The van der Waals surface area contributed by atoms with Gasteiger partial charge in [0.2, 0.25) is 0 Å². The van der Waals surface area contributed by atoms with Crippen molar-refractivity contribution in [3.05, 3.63) is 29.8 Å². The van der Waals surface area contributed by atoms with Crippen LogP contribution in [0.2, 0.25) is 0 Å². The molecule has 3 heteroatoms. The SMILES string of the molecule is COCCCCOc1cccc(C=O)c1. The zero-order valence-corrected chi connectivity index (χ0v) is 8.94. The molecule has 0 atom stereocenters. The van der Waals surface area contributed by atoms with Gasteiger partial charge in [-0.3, -0.25) is 4.79 Å². The second-order valence-corrected chi connectivity index (χ2v) is 3.24. The van der Waals surface area contributed by atoms with Gasteiger partial charge in [-0.2, -0.15) is 0 Å². The first-order chi connectivity index (χ1) is 7.36. The van der Waals surface area contributed by atoms with Gasteiger partial charge in [-0.25, -0.2) is 0 Å². The summed E-state index contributed by atoms with van der Waals surface area (Å²) < 4.78 is 10.4. The molecule has 0 N–H and O–H groups in total. The average molecular weight is 208 g/mol. The maximum Gasteiger partial charge on any atom is 0.150 e. The molecule has 0 bridgehead atoms. The van der Waals surface area contributed by atoms with Gasteiger partial charge in [0.05, 0.1) is 6.61 Å². The molecule has 0 amide bonds. The number of carbonyl (C=O) groups excluding carboxylic acids is 1. The fourth-order valence-corrected chi connectivity index (χ4v) is 1.22. The Kier molecular flexibility index (Phi) is 5.48. The molecule has 0 fully saturated rings. The van der Waals surface area contributed by atoms with Crippen LogP contribution in [0.1, 0.15) is 23.2 Å². The first-order valence-corrected chi connectivity index (χ1v) is 5.04. The summed E-state index contributed by atoms with van der Waals surface area (Å²) in [6.45, 7) is 1.42. The number of aldehydes is 1. The quantitative estimate of drug-likeness (QED) is 0.509. The van der Waals surface area contributed by atoms with Crippen molar-refractivity contribution in [3.8, 4) is 5.75 Å². The van der Waals surface area contributed by atoms with Crippen molar-refractivity contribution in [2.24, 2.45) is 0 Å². The Balaban J connectivity index is 2.27. The first-order valence-electron chi connectivity index (χ1n) is 5.04. The molecule has 0 aliphatic heterocycles. The van der Waals surface area contributed by atoms with Gasteiger partial charge >= 0.3 is 0 Å². The molecule has 0 unspecified atom stereocenters. The third-order valence-electron chi connectivity index (χ3n) is 2.01. The monoisotopic (exact) mass is 208 g/mol. The molecule has 0 aliphatic carbocycles. The van der Waals surface area contributed by atoms with Crippen LogP contribution < -0.4 is 4.74 Å². The zero-order valence-electron chi connectivity index (χ0n) is 8.94. The van der Waals surface area contributed by atoms with Crippen LogP contribution in [0.25, 0.3) is 0 Å². The molecular formula is C12H16O3. The number of rotatable bonds is 7. The molecule has 0 spiro atoms. The fourth-order valence-electron chi connectivity index (χ4n) is 1.22. The molecule has 0 radical (unpaired) electrons. The predicted octanol–water partition coefficient (Wildman–Crippen LogP) is 2.30. The highest BCUT2D eigenvalue weighted by atomic mass is 16.5. The number of benzene rings is 1. The van der Waals surface area contributed by atoms with Gasteiger partial charge in [0.15, 0.2) is 0 Å². The van der Waals surface area contributed by atoms with E-state index in [-0.39, 0.29) is 0 Å². The van der Waals surface area contributed by atoms with Gasteiger partial charge in [0.1, 0.15) is 12.0 Å². The van der Waals surface area contributed by atoms with Crippen molar-refractivity contribution in [2.75, 3.05) is 20.3 Å². The van der Waals surface area contributed by atoms with Crippen molar-refractivity contribution >= 4 is 6.29 Å². The van der Waals surface area contributed by atoms with Crippen molar-refractivity contribution in [1.29, 1.82) is 0 Å². The fraction of sp³-hybridized carbons (Fsp3) is 0.417. The molecular weight excluding hydrogens is 192 g/mol. The Morgan fingerprint density at radius 1 is 1.27 bits per heavy atom. The van der Waals surface area contributed by atoms with Crippen LogP contribution in [0, 0.1) is 0 Å². The van der Waals surface area contributed by atoms with Crippen molar-refractivity contribution in [2.45, 2.75) is 12.8 Å². The maximum atomic E-state index is 10.5. The first kappa shape index (κ1) is 11.7. The lowest BCUT2D eigenvalue weighted by Gasteiger charge is -2.05. The minimum atomic E-state index is 0.643. The van der Waals surface area contributed by atoms with Crippen LogP contribution in [-0.4, -0.2) is 26.6 Å². The molecule has 0 heterocycles. The second kappa shape index (κ2) is 7.01. The van der Waals surface area contributed by atoms with Crippen LogP contribution >= 0.6 is 0 Å². The molecule has 1 aromatic rings.